The molecule has 0 radical (unpaired) electrons. The molecule has 1 atom stereocenters. The number of amides is 2. The molecular formula is C25H28N2O3. The first kappa shape index (κ1) is 19.3. The quantitative estimate of drug-likeness (QED) is 0.785. The van der Waals surface area contributed by atoms with Crippen LogP contribution in [-0.4, -0.2) is 53.5 Å². The zero-order valence-corrected chi connectivity index (χ0v) is 17.3. The predicted octanol–water partition coefficient (Wildman–Crippen LogP) is 3.60. The minimum Gasteiger partial charge on any atom is -0.378 e. The van der Waals surface area contributed by atoms with E-state index in [1.165, 1.54) is 0 Å². The van der Waals surface area contributed by atoms with E-state index >= 15 is 0 Å². The van der Waals surface area contributed by atoms with Gasteiger partial charge in [-0.15, -0.1) is 0 Å². The summed E-state index contributed by atoms with van der Waals surface area (Å²) in [5, 5.41) is 0. The van der Waals surface area contributed by atoms with Crippen LogP contribution in [0.2, 0.25) is 0 Å². The Balaban J connectivity index is 1.62. The lowest BCUT2D eigenvalue weighted by Gasteiger charge is -2.51. The van der Waals surface area contributed by atoms with Crippen LogP contribution < -0.4 is 0 Å². The summed E-state index contributed by atoms with van der Waals surface area (Å²) in [5.74, 6) is -0.101. The summed E-state index contributed by atoms with van der Waals surface area (Å²) in [5.41, 5.74) is 2.24. The number of carbonyl (C=O) groups excluding carboxylic acids is 2. The molecule has 2 aliphatic heterocycles. The summed E-state index contributed by atoms with van der Waals surface area (Å²) >= 11 is 0. The SMILES string of the molecule is O=C([C@H]1c2ccccc2C(=O)N(Cc2ccccc2)C12CCCC2)N1CCOCC1. The summed E-state index contributed by atoms with van der Waals surface area (Å²) in [4.78, 5) is 31.6. The summed E-state index contributed by atoms with van der Waals surface area (Å²) < 4.78 is 5.48. The Kier molecular flexibility index (Phi) is 5.07. The molecule has 2 amide bonds. The fourth-order valence-electron chi connectivity index (χ4n) is 5.61. The van der Waals surface area contributed by atoms with Crippen molar-refractivity contribution in [2.24, 2.45) is 0 Å². The average Bonchev–Trinajstić information content (AvgIpc) is 3.28. The first-order valence-corrected chi connectivity index (χ1v) is 11.0. The second-order valence-electron chi connectivity index (χ2n) is 8.65. The lowest BCUT2D eigenvalue weighted by molar-refractivity contribution is -0.141. The molecule has 2 aromatic rings. The van der Waals surface area contributed by atoms with Crippen LogP contribution in [0.1, 0.15) is 53.1 Å². The Labute approximate surface area is 177 Å². The molecule has 5 rings (SSSR count). The molecule has 1 spiro atoms. The second kappa shape index (κ2) is 7.88. The van der Waals surface area contributed by atoms with Crippen molar-refractivity contribution in [3.8, 4) is 0 Å². The Morgan fingerprint density at radius 1 is 0.967 bits per heavy atom. The number of hydrogen-bond acceptors (Lipinski definition) is 3. The maximum atomic E-state index is 13.9. The smallest absolute Gasteiger partial charge is 0.254 e. The molecule has 5 nitrogen and oxygen atoms in total. The maximum absolute atomic E-state index is 13.9. The highest BCUT2D eigenvalue weighted by atomic mass is 16.5. The van der Waals surface area contributed by atoms with Crippen molar-refractivity contribution in [3.63, 3.8) is 0 Å². The van der Waals surface area contributed by atoms with Gasteiger partial charge >= 0.3 is 0 Å². The van der Waals surface area contributed by atoms with E-state index in [0.717, 1.165) is 36.8 Å². The molecule has 0 aromatic heterocycles. The molecule has 156 valence electrons. The maximum Gasteiger partial charge on any atom is 0.254 e. The Hall–Kier alpha value is -2.66. The van der Waals surface area contributed by atoms with Crippen molar-refractivity contribution in [1.82, 2.24) is 9.80 Å². The molecule has 5 heteroatoms. The predicted molar refractivity (Wildman–Crippen MR) is 114 cm³/mol. The largest absolute Gasteiger partial charge is 0.378 e. The van der Waals surface area contributed by atoms with Gasteiger partial charge in [0.1, 0.15) is 0 Å². The second-order valence-corrected chi connectivity index (χ2v) is 8.65. The molecule has 0 unspecified atom stereocenters. The van der Waals surface area contributed by atoms with E-state index in [2.05, 4.69) is 12.1 Å². The zero-order chi connectivity index (χ0) is 20.6. The van der Waals surface area contributed by atoms with Crippen LogP contribution in [0.4, 0.5) is 0 Å². The number of fused-ring (bicyclic) bond motifs is 1. The first-order chi connectivity index (χ1) is 14.7. The van der Waals surface area contributed by atoms with Crippen LogP contribution in [0, 0.1) is 0 Å². The van der Waals surface area contributed by atoms with E-state index in [9.17, 15) is 9.59 Å². The molecule has 1 aliphatic carbocycles. The number of ether oxygens (including phenoxy) is 1. The van der Waals surface area contributed by atoms with Crippen LogP contribution in [0.5, 0.6) is 0 Å². The summed E-state index contributed by atoms with van der Waals surface area (Å²) in [6.07, 6.45) is 3.85. The van der Waals surface area contributed by atoms with Crippen molar-refractivity contribution < 1.29 is 14.3 Å². The van der Waals surface area contributed by atoms with E-state index in [4.69, 9.17) is 4.74 Å². The molecule has 1 saturated carbocycles. The van der Waals surface area contributed by atoms with Gasteiger partial charge in [0.15, 0.2) is 0 Å². The van der Waals surface area contributed by atoms with Gasteiger partial charge in [0.05, 0.1) is 24.7 Å². The Morgan fingerprint density at radius 3 is 2.37 bits per heavy atom. The fraction of sp³-hybridized carbons (Fsp3) is 0.440. The minimum absolute atomic E-state index is 0.0578. The number of rotatable bonds is 3. The van der Waals surface area contributed by atoms with Gasteiger partial charge in [-0.1, -0.05) is 61.4 Å². The number of hydrogen-bond donors (Lipinski definition) is 0. The monoisotopic (exact) mass is 404 g/mol. The number of nitrogens with zero attached hydrogens (tertiary/aromatic N) is 2. The lowest BCUT2D eigenvalue weighted by atomic mass is 9.70. The topological polar surface area (TPSA) is 49.9 Å². The van der Waals surface area contributed by atoms with Gasteiger partial charge in [0.25, 0.3) is 5.91 Å². The van der Waals surface area contributed by atoms with Crippen molar-refractivity contribution >= 4 is 11.8 Å². The van der Waals surface area contributed by atoms with Crippen LogP contribution in [0.3, 0.4) is 0 Å². The van der Waals surface area contributed by atoms with Crippen LogP contribution in [0.25, 0.3) is 0 Å². The van der Waals surface area contributed by atoms with Gasteiger partial charge in [-0.2, -0.15) is 0 Å². The van der Waals surface area contributed by atoms with Crippen LogP contribution in [0.15, 0.2) is 54.6 Å². The van der Waals surface area contributed by atoms with Gasteiger partial charge in [-0.3, -0.25) is 9.59 Å². The molecule has 2 heterocycles. The average molecular weight is 405 g/mol. The molecule has 2 aromatic carbocycles. The summed E-state index contributed by atoms with van der Waals surface area (Å²) in [6, 6.07) is 17.9. The minimum atomic E-state index is -0.448. The first-order valence-electron chi connectivity index (χ1n) is 11.0. The molecule has 0 bridgehead atoms. The third kappa shape index (κ3) is 3.12. The van der Waals surface area contributed by atoms with Crippen molar-refractivity contribution in [2.45, 2.75) is 43.7 Å². The van der Waals surface area contributed by atoms with E-state index in [0.29, 0.717) is 38.4 Å². The van der Waals surface area contributed by atoms with Gasteiger partial charge in [-0.05, 0) is 30.0 Å². The third-order valence-corrected chi connectivity index (χ3v) is 7.04. The molecule has 30 heavy (non-hydrogen) atoms. The van der Waals surface area contributed by atoms with Crippen LogP contribution >= 0.6 is 0 Å². The van der Waals surface area contributed by atoms with E-state index in [-0.39, 0.29) is 17.7 Å². The van der Waals surface area contributed by atoms with E-state index in [1.807, 2.05) is 52.3 Å². The van der Waals surface area contributed by atoms with Gasteiger partial charge in [-0.25, -0.2) is 0 Å². The van der Waals surface area contributed by atoms with Gasteiger partial charge in [0.2, 0.25) is 5.91 Å². The van der Waals surface area contributed by atoms with Gasteiger partial charge < -0.3 is 14.5 Å². The molecule has 1 saturated heterocycles. The molecule has 0 N–H and O–H groups in total. The number of morpholine rings is 1. The highest BCUT2D eigenvalue weighted by Crippen LogP contribution is 2.51. The highest BCUT2D eigenvalue weighted by molar-refractivity contribution is 6.02. The van der Waals surface area contributed by atoms with Crippen molar-refractivity contribution in [2.75, 3.05) is 26.3 Å². The number of carbonyl (C=O) groups is 2. The van der Waals surface area contributed by atoms with E-state index in [1.54, 1.807) is 0 Å². The Bertz CT molecular complexity index is 930. The standard InChI is InChI=1S/C25H28N2O3/c28-23-21-11-5-4-10-20(21)22(24(29)26-14-16-30-17-15-26)25(12-6-7-13-25)27(23)18-19-8-2-1-3-9-19/h1-5,8-11,22H,6-7,12-18H2/t22-/m1/s1. The lowest BCUT2D eigenvalue weighted by Crippen LogP contribution is -2.61. The van der Waals surface area contributed by atoms with Crippen molar-refractivity contribution in [3.05, 3.63) is 71.3 Å². The molecule has 2 fully saturated rings. The highest BCUT2D eigenvalue weighted by Gasteiger charge is 2.56. The van der Waals surface area contributed by atoms with E-state index < -0.39 is 5.54 Å². The Morgan fingerprint density at radius 2 is 1.63 bits per heavy atom. The fourth-order valence-corrected chi connectivity index (χ4v) is 5.61. The third-order valence-electron chi connectivity index (χ3n) is 7.04. The molecule has 3 aliphatic rings. The summed E-state index contributed by atoms with van der Waals surface area (Å²) in [7, 11) is 0. The summed E-state index contributed by atoms with van der Waals surface area (Å²) in [6.45, 7) is 2.96. The van der Waals surface area contributed by atoms with Crippen molar-refractivity contribution in [1.29, 1.82) is 0 Å². The van der Waals surface area contributed by atoms with Crippen LogP contribution in [-0.2, 0) is 16.1 Å². The number of benzene rings is 2. The normalized spacial score (nSPS) is 22.9. The van der Waals surface area contributed by atoms with Gasteiger partial charge in [0, 0.05) is 25.2 Å². The molecular weight excluding hydrogens is 376 g/mol. The zero-order valence-electron chi connectivity index (χ0n) is 17.3.